The molecule has 2 rings (SSSR count). The topological polar surface area (TPSA) is 75.6 Å². The van der Waals surface area contributed by atoms with Crippen LogP contribution < -0.4 is 10.1 Å². The van der Waals surface area contributed by atoms with Gasteiger partial charge in [-0.1, -0.05) is 18.9 Å². The van der Waals surface area contributed by atoms with Gasteiger partial charge in [0.25, 0.3) is 0 Å². The van der Waals surface area contributed by atoms with Gasteiger partial charge < -0.3 is 15.2 Å². The maximum Gasteiger partial charge on any atom is 0.310 e. The Kier molecular flexibility index (Phi) is 4.50. The number of carboxylic acid groups (broad SMARTS) is 1. The van der Waals surface area contributed by atoms with Gasteiger partial charge in [0.15, 0.2) is 0 Å². The minimum atomic E-state index is -0.902. The summed E-state index contributed by atoms with van der Waals surface area (Å²) in [5, 5.41) is 12.2. The van der Waals surface area contributed by atoms with Gasteiger partial charge in [-0.3, -0.25) is 9.59 Å². The van der Waals surface area contributed by atoms with E-state index in [-0.39, 0.29) is 12.3 Å². The number of carboxylic acids is 1. The molecule has 1 aliphatic rings. The molecule has 1 aromatic rings. The van der Waals surface area contributed by atoms with Crippen molar-refractivity contribution in [3.8, 4) is 5.75 Å². The lowest BCUT2D eigenvalue weighted by molar-refractivity contribution is -0.150. The Bertz CT molecular complexity index is 547. The number of carbonyl (C=O) groups excluding carboxylic acids is 1. The third-order valence-corrected chi connectivity index (χ3v) is 4.14. The van der Waals surface area contributed by atoms with Gasteiger partial charge in [-0.05, 0) is 37.5 Å². The van der Waals surface area contributed by atoms with Crippen LogP contribution >= 0.6 is 0 Å². The molecule has 0 saturated heterocycles. The van der Waals surface area contributed by atoms with Crippen LogP contribution in [-0.2, 0) is 9.59 Å². The third kappa shape index (κ3) is 3.35. The van der Waals surface area contributed by atoms with Gasteiger partial charge in [-0.25, -0.2) is 0 Å². The molecule has 0 unspecified atom stereocenters. The van der Waals surface area contributed by atoms with E-state index < -0.39 is 11.4 Å². The number of ether oxygens (including phenoxy) is 1. The van der Waals surface area contributed by atoms with E-state index in [2.05, 4.69) is 5.32 Å². The van der Waals surface area contributed by atoms with Crippen LogP contribution in [0.5, 0.6) is 5.75 Å². The highest BCUT2D eigenvalue weighted by Gasteiger charge is 2.43. The first-order valence-electron chi connectivity index (χ1n) is 7.15. The molecule has 2 N–H and O–H groups in total. The van der Waals surface area contributed by atoms with E-state index in [1.54, 1.807) is 6.07 Å². The molecule has 0 spiro atoms. The fourth-order valence-corrected chi connectivity index (χ4v) is 2.94. The highest BCUT2D eigenvalue weighted by Crippen LogP contribution is 2.41. The predicted molar refractivity (Wildman–Crippen MR) is 79.5 cm³/mol. The first kappa shape index (κ1) is 15.4. The summed E-state index contributed by atoms with van der Waals surface area (Å²) in [6.45, 7) is 1.92. The quantitative estimate of drug-likeness (QED) is 0.874. The summed E-state index contributed by atoms with van der Waals surface area (Å²) in [5.41, 5.74) is 0.683. The number of carbonyl (C=O) groups is 2. The summed E-state index contributed by atoms with van der Waals surface area (Å²) >= 11 is 0. The van der Waals surface area contributed by atoms with Gasteiger partial charge in [0.2, 0.25) is 5.91 Å². The monoisotopic (exact) mass is 291 g/mol. The minimum Gasteiger partial charge on any atom is -0.495 e. The number of nitrogens with one attached hydrogen (secondary N) is 1. The highest BCUT2D eigenvalue weighted by molar-refractivity contribution is 5.95. The second-order valence-corrected chi connectivity index (χ2v) is 5.72. The molecule has 1 aromatic carbocycles. The summed E-state index contributed by atoms with van der Waals surface area (Å²) < 4.78 is 5.21. The molecule has 1 fully saturated rings. The third-order valence-electron chi connectivity index (χ3n) is 4.14. The first-order chi connectivity index (χ1) is 9.97. The summed E-state index contributed by atoms with van der Waals surface area (Å²) in [6, 6.07) is 5.50. The summed E-state index contributed by atoms with van der Waals surface area (Å²) in [4.78, 5) is 23.7. The SMILES string of the molecule is COc1ccc(C)cc1NC(=O)CC1(C(=O)O)CCCC1. The standard InChI is InChI=1S/C16H21NO4/c1-11-5-6-13(21-2)12(9-11)17-14(18)10-16(15(19)20)7-3-4-8-16/h5-6,9H,3-4,7-8,10H2,1-2H3,(H,17,18)(H,19,20). The van der Waals surface area contributed by atoms with Crippen molar-refractivity contribution in [3.05, 3.63) is 23.8 Å². The number of aryl methyl sites for hydroxylation is 1. The van der Waals surface area contributed by atoms with Crippen LogP contribution in [0.1, 0.15) is 37.7 Å². The highest BCUT2D eigenvalue weighted by atomic mass is 16.5. The van der Waals surface area contributed by atoms with Gasteiger partial charge >= 0.3 is 5.97 Å². The van der Waals surface area contributed by atoms with E-state index in [9.17, 15) is 14.7 Å². The van der Waals surface area contributed by atoms with Crippen LogP contribution in [-0.4, -0.2) is 24.1 Å². The fourth-order valence-electron chi connectivity index (χ4n) is 2.94. The molecule has 0 radical (unpaired) electrons. The zero-order valence-corrected chi connectivity index (χ0v) is 12.4. The van der Waals surface area contributed by atoms with E-state index in [1.807, 2.05) is 19.1 Å². The zero-order valence-electron chi connectivity index (χ0n) is 12.4. The van der Waals surface area contributed by atoms with Crippen molar-refractivity contribution in [1.29, 1.82) is 0 Å². The van der Waals surface area contributed by atoms with E-state index in [1.165, 1.54) is 7.11 Å². The molecule has 0 atom stereocenters. The number of anilines is 1. The molecule has 1 saturated carbocycles. The number of aliphatic carboxylic acids is 1. The van der Waals surface area contributed by atoms with Crippen molar-refractivity contribution in [1.82, 2.24) is 0 Å². The number of hydrogen-bond acceptors (Lipinski definition) is 3. The molecule has 0 bridgehead atoms. The van der Waals surface area contributed by atoms with Gasteiger partial charge in [0, 0.05) is 6.42 Å². The molecule has 5 nitrogen and oxygen atoms in total. The fraction of sp³-hybridized carbons (Fsp3) is 0.500. The number of hydrogen-bond donors (Lipinski definition) is 2. The molecule has 114 valence electrons. The van der Waals surface area contributed by atoms with Crippen molar-refractivity contribution < 1.29 is 19.4 Å². The number of amides is 1. The van der Waals surface area contributed by atoms with E-state index in [4.69, 9.17) is 4.74 Å². The van der Waals surface area contributed by atoms with Crippen LogP contribution in [0.25, 0.3) is 0 Å². The minimum absolute atomic E-state index is 0.0133. The Hall–Kier alpha value is -2.04. The summed E-state index contributed by atoms with van der Waals surface area (Å²) in [6.07, 6.45) is 2.89. The Morgan fingerprint density at radius 1 is 1.33 bits per heavy atom. The summed E-state index contributed by atoms with van der Waals surface area (Å²) in [5.74, 6) is -0.570. The summed E-state index contributed by atoms with van der Waals surface area (Å²) in [7, 11) is 1.54. The number of rotatable bonds is 5. The lowest BCUT2D eigenvalue weighted by Crippen LogP contribution is -2.32. The van der Waals surface area contributed by atoms with Crippen molar-refractivity contribution in [3.63, 3.8) is 0 Å². The van der Waals surface area contributed by atoms with Crippen LogP contribution in [0.4, 0.5) is 5.69 Å². The Morgan fingerprint density at radius 3 is 2.57 bits per heavy atom. The Balaban J connectivity index is 2.11. The molecular weight excluding hydrogens is 270 g/mol. The van der Waals surface area contributed by atoms with Crippen LogP contribution in [0.15, 0.2) is 18.2 Å². The van der Waals surface area contributed by atoms with Gasteiger partial charge in [-0.2, -0.15) is 0 Å². The van der Waals surface area contributed by atoms with Crippen molar-refractivity contribution in [2.45, 2.75) is 39.0 Å². The normalized spacial score (nSPS) is 16.5. The van der Waals surface area contributed by atoms with Crippen molar-refractivity contribution in [2.24, 2.45) is 5.41 Å². The molecule has 1 aliphatic carbocycles. The van der Waals surface area contributed by atoms with E-state index in [0.717, 1.165) is 18.4 Å². The molecule has 0 aromatic heterocycles. The Morgan fingerprint density at radius 2 is 2.00 bits per heavy atom. The lowest BCUT2D eigenvalue weighted by Gasteiger charge is -2.23. The maximum atomic E-state index is 12.2. The van der Waals surface area contributed by atoms with E-state index in [0.29, 0.717) is 24.3 Å². The van der Waals surface area contributed by atoms with E-state index >= 15 is 0 Å². The van der Waals surface area contributed by atoms with Crippen LogP contribution in [0, 0.1) is 12.3 Å². The zero-order chi connectivity index (χ0) is 15.5. The first-order valence-corrected chi connectivity index (χ1v) is 7.15. The number of benzene rings is 1. The average molecular weight is 291 g/mol. The van der Waals surface area contributed by atoms with Gasteiger partial charge in [0.05, 0.1) is 18.2 Å². The second-order valence-electron chi connectivity index (χ2n) is 5.72. The number of methoxy groups -OCH3 is 1. The smallest absolute Gasteiger partial charge is 0.310 e. The van der Waals surface area contributed by atoms with Gasteiger partial charge in [-0.15, -0.1) is 0 Å². The van der Waals surface area contributed by atoms with Crippen molar-refractivity contribution >= 4 is 17.6 Å². The molecule has 21 heavy (non-hydrogen) atoms. The van der Waals surface area contributed by atoms with Gasteiger partial charge in [0.1, 0.15) is 5.75 Å². The molecule has 5 heteroatoms. The Labute approximate surface area is 124 Å². The predicted octanol–water partition coefficient (Wildman–Crippen LogP) is 2.98. The second kappa shape index (κ2) is 6.16. The van der Waals surface area contributed by atoms with Crippen LogP contribution in [0.2, 0.25) is 0 Å². The molecule has 0 aliphatic heterocycles. The van der Waals surface area contributed by atoms with Crippen LogP contribution in [0.3, 0.4) is 0 Å². The average Bonchev–Trinajstić information content (AvgIpc) is 2.88. The largest absolute Gasteiger partial charge is 0.495 e. The van der Waals surface area contributed by atoms with Crippen molar-refractivity contribution in [2.75, 3.05) is 12.4 Å². The maximum absolute atomic E-state index is 12.2. The molecular formula is C16H21NO4. The lowest BCUT2D eigenvalue weighted by atomic mass is 9.82. The molecule has 0 heterocycles. The molecule has 1 amide bonds.